The largest absolute Gasteiger partial charge is 0.420 e. The molecule has 0 spiro atoms. The molecule has 1 aliphatic rings. The first kappa shape index (κ1) is 26.9. The Kier molecular flexibility index (Phi) is 8.68. The van der Waals surface area contributed by atoms with E-state index in [9.17, 15) is 9.18 Å². The van der Waals surface area contributed by atoms with Crippen molar-refractivity contribution in [1.29, 1.82) is 0 Å². The van der Waals surface area contributed by atoms with Gasteiger partial charge >= 0.3 is 6.09 Å². The van der Waals surface area contributed by atoms with Crippen molar-refractivity contribution >= 4 is 52.4 Å². The van der Waals surface area contributed by atoms with E-state index in [1.54, 1.807) is 0 Å². The third kappa shape index (κ3) is 6.60. The molecular formula is C26H29Cl2FN6O2. The van der Waals surface area contributed by atoms with Crippen LogP contribution in [-0.2, 0) is 0 Å². The summed E-state index contributed by atoms with van der Waals surface area (Å²) in [6.45, 7) is 8.33. The van der Waals surface area contributed by atoms with Crippen LogP contribution in [0.1, 0.15) is 20.3 Å². The molecule has 0 bridgehead atoms. The van der Waals surface area contributed by atoms with Gasteiger partial charge < -0.3 is 15.0 Å². The fourth-order valence-electron chi connectivity index (χ4n) is 4.04. The average molecular weight is 547 g/mol. The summed E-state index contributed by atoms with van der Waals surface area (Å²) in [6.07, 6.45) is 1.81. The van der Waals surface area contributed by atoms with Gasteiger partial charge in [0, 0.05) is 62.2 Å². The van der Waals surface area contributed by atoms with Gasteiger partial charge in [0.2, 0.25) is 5.95 Å². The number of hydrogen-bond donors (Lipinski definition) is 1. The highest BCUT2D eigenvalue weighted by molar-refractivity contribution is 6.33. The minimum Gasteiger partial charge on any atom is -0.407 e. The van der Waals surface area contributed by atoms with Crippen molar-refractivity contribution in [3.63, 3.8) is 0 Å². The second-order valence-corrected chi connectivity index (χ2v) is 9.66. The van der Waals surface area contributed by atoms with E-state index < -0.39 is 11.9 Å². The van der Waals surface area contributed by atoms with E-state index in [1.165, 1.54) is 31.4 Å². The lowest BCUT2D eigenvalue weighted by atomic mass is 10.1. The summed E-state index contributed by atoms with van der Waals surface area (Å²) in [5.41, 5.74) is 1.69. The summed E-state index contributed by atoms with van der Waals surface area (Å²) in [6, 6.07) is 11.6. The van der Waals surface area contributed by atoms with Gasteiger partial charge in [-0.1, -0.05) is 30.1 Å². The van der Waals surface area contributed by atoms with Crippen LogP contribution in [0, 0.1) is 5.82 Å². The number of benzene rings is 2. The van der Waals surface area contributed by atoms with E-state index in [0.29, 0.717) is 16.8 Å². The van der Waals surface area contributed by atoms with Gasteiger partial charge in [-0.2, -0.15) is 4.98 Å². The lowest BCUT2D eigenvalue weighted by Gasteiger charge is -2.39. The second kappa shape index (κ2) is 11.9. The Bertz CT molecular complexity index is 1260. The highest BCUT2D eigenvalue weighted by Crippen LogP contribution is 2.31. The first-order chi connectivity index (χ1) is 17.7. The summed E-state index contributed by atoms with van der Waals surface area (Å²) in [5.74, 6) is -0.453. The number of nitrogens with zero attached hydrogens (tertiary/aromatic N) is 5. The van der Waals surface area contributed by atoms with Gasteiger partial charge in [-0.25, -0.2) is 14.2 Å². The predicted molar refractivity (Wildman–Crippen MR) is 146 cm³/mol. The van der Waals surface area contributed by atoms with E-state index in [0.717, 1.165) is 49.3 Å². The minimum absolute atomic E-state index is 0.249. The average Bonchev–Trinajstić information content (AvgIpc) is 2.90. The molecule has 1 aromatic heterocycles. The Hall–Kier alpha value is -3.14. The van der Waals surface area contributed by atoms with Gasteiger partial charge in [0.25, 0.3) is 0 Å². The van der Waals surface area contributed by atoms with Crippen molar-refractivity contribution in [1.82, 2.24) is 14.9 Å². The van der Waals surface area contributed by atoms with Crippen LogP contribution in [0.4, 0.5) is 32.3 Å². The standard InChI is InChI=1S/C26H29Cl2FN6O2/c1-4-17(2)34-11-13-35(14-12-34)22-8-6-19(16-20(22)28)31-25-30-10-9-24(32-25)33(3)26(36)37-23-15-18(27)5-7-21(23)29/h5-10,15-17H,4,11-14H2,1-3H3,(H,30,31,32). The van der Waals surface area contributed by atoms with Crippen LogP contribution in [0.15, 0.2) is 48.7 Å². The molecule has 1 unspecified atom stereocenters. The predicted octanol–water partition coefficient (Wildman–Crippen LogP) is 6.22. The third-order valence-corrected chi connectivity index (χ3v) is 6.96. The SMILES string of the molecule is CCC(C)N1CCN(c2ccc(Nc3nccc(N(C)C(=O)Oc4cc(Cl)ccc4F)n3)cc2Cl)CC1. The number of amides is 1. The summed E-state index contributed by atoms with van der Waals surface area (Å²) < 4.78 is 19.1. The number of piperazine rings is 1. The number of carbonyl (C=O) groups excluding carboxylic acids is 1. The molecule has 1 atom stereocenters. The van der Waals surface area contributed by atoms with E-state index in [4.69, 9.17) is 27.9 Å². The van der Waals surface area contributed by atoms with E-state index >= 15 is 0 Å². The van der Waals surface area contributed by atoms with Crippen LogP contribution in [-0.4, -0.2) is 60.2 Å². The molecule has 2 heterocycles. The van der Waals surface area contributed by atoms with Crippen LogP contribution >= 0.6 is 23.2 Å². The molecule has 4 rings (SSSR count). The van der Waals surface area contributed by atoms with Gasteiger partial charge in [0.1, 0.15) is 5.82 Å². The van der Waals surface area contributed by atoms with Crippen LogP contribution in [0.5, 0.6) is 5.75 Å². The molecular weight excluding hydrogens is 518 g/mol. The summed E-state index contributed by atoms with van der Waals surface area (Å²) >= 11 is 12.5. The Morgan fingerprint density at radius 2 is 1.92 bits per heavy atom. The molecule has 1 N–H and O–H groups in total. The normalized spacial score (nSPS) is 14.8. The van der Waals surface area contributed by atoms with Crippen LogP contribution in [0.3, 0.4) is 0 Å². The number of hydrogen-bond acceptors (Lipinski definition) is 7. The van der Waals surface area contributed by atoms with Gasteiger partial charge in [0.05, 0.1) is 10.7 Å². The van der Waals surface area contributed by atoms with E-state index in [2.05, 4.69) is 38.9 Å². The Morgan fingerprint density at radius 3 is 2.62 bits per heavy atom. The molecule has 1 amide bonds. The molecule has 196 valence electrons. The molecule has 11 heteroatoms. The van der Waals surface area contributed by atoms with Crippen molar-refractivity contribution in [2.24, 2.45) is 0 Å². The highest BCUT2D eigenvalue weighted by Gasteiger charge is 2.22. The fraction of sp³-hybridized carbons (Fsp3) is 0.346. The lowest BCUT2D eigenvalue weighted by molar-refractivity contribution is 0.193. The Balaban J connectivity index is 1.41. The second-order valence-electron chi connectivity index (χ2n) is 8.81. The number of rotatable bonds is 7. The molecule has 1 aliphatic heterocycles. The monoisotopic (exact) mass is 546 g/mol. The molecule has 0 saturated carbocycles. The smallest absolute Gasteiger partial charge is 0.407 e. The fourth-order valence-corrected chi connectivity index (χ4v) is 4.50. The number of halogens is 3. The molecule has 37 heavy (non-hydrogen) atoms. The molecule has 1 fully saturated rings. The van der Waals surface area contributed by atoms with Crippen molar-refractivity contribution < 1.29 is 13.9 Å². The maximum Gasteiger partial charge on any atom is 0.420 e. The minimum atomic E-state index is -0.827. The molecule has 1 saturated heterocycles. The van der Waals surface area contributed by atoms with Gasteiger partial charge in [-0.3, -0.25) is 9.80 Å². The van der Waals surface area contributed by atoms with E-state index in [-0.39, 0.29) is 22.5 Å². The quantitative estimate of drug-likeness (QED) is 0.377. The van der Waals surface area contributed by atoms with Gasteiger partial charge in [0.15, 0.2) is 11.6 Å². The zero-order valence-corrected chi connectivity index (χ0v) is 22.4. The molecule has 8 nitrogen and oxygen atoms in total. The third-order valence-electron chi connectivity index (χ3n) is 6.42. The van der Waals surface area contributed by atoms with E-state index in [1.807, 2.05) is 18.2 Å². The van der Waals surface area contributed by atoms with Crippen molar-refractivity contribution in [3.8, 4) is 5.75 Å². The van der Waals surface area contributed by atoms with Crippen LogP contribution in [0.2, 0.25) is 10.0 Å². The number of ether oxygens (including phenoxy) is 1. The lowest BCUT2D eigenvalue weighted by Crippen LogP contribution is -2.49. The van der Waals surface area contributed by atoms with Crippen molar-refractivity contribution in [2.75, 3.05) is 48.3 Å². The number of anilines is 4. The summed E-state index contributed by atoms with van der Waals surface area (Å²) in [5, 5.41) is 3.99. The molecule has 3 aromatic rings. The zero-order chi connectivity index (χ0) is 26.5. The van der Waals surface area contributed by atoms with Crippen LogP contribution in [0.25, 0.3) is 0 Å². The first-order valence-corrected chi connectivity index (χ1v) is 12.8. The van der Waals surface area contributed by atoms with Crippen molar-refractivity contribution in [3.05, 3.63) is 64.5 Å². The number of carbonyl (C=O) groups is 1. The summed E-state index contributed by atoms with van der Waals surface area (Å²) in [7, 11) is 1.46. The number of nitrogens with one attached hydrogen (secondary N) is 1. The molecule has 2 aromatic carbocycles. The highest BCUT2D eigenvalue weighted by atomic mass is 35.5. The van der Waals surface area contributed by atoms with Crippen molar-refractivity contribution in [2.45, 2.75) is 26.3 Å². The Labute approximate surface area is 226 Å². The molecule has 0 aliphatic carbocycles. The maximum absolute atomic E-state index is 13.9. The van der Waals surface area contributed by atoms with Crippen LogP contribution < -0.4 is 19.9 Å². The first-order valence-electron chi connectivity index (χ1n) is 12.0. The number of aromatic nitrogens is 2. The Morgan fingerprint density at radius 1 is 1.16 bits per heavy atom. The van der Waals surface area contributed by atoms with Gasteiger partial charge in [-0.15, -0.1) is 0 Å². The zero-order valence-electron chi connectivity index (χ0n) is 20.9. The van der Waals surface area contributed by atoms with Gasteiger partial charge in [-0.05, 0) is 49.7 Å². The topological polar surface area (TPSA) is 73.8 Å². The molecule has 0 radical (unpaired) electrons. The maximum atomic E-state index is 13.9. The summed E-state index contributed by atoms with van der Waals surface area (Å²) in [4.78, 5) is 27.1.